The molecular formula is C8H15NS. The second-order valence-electron chi connectivity index (χ2n) is 2.59. The van der Waals surface area contributed by atoms with Crippen LogP contribution in [0.5, 0.6) is 0 Å². The second kappa shape index (κ2) is 4.67. The summed E-state index contributed by atoms with van der Waals surface area (Å²) in [7, 11) is 0. The van der Waals surface area contributed by atoms with Gasteiger partial charge in [-0.2, -0.15) is 0 Å². The van der Waals surface area contributed by atoms with Crippen LogP contribution < -0.4 is 5.32 Å². The van der Waals surface area contributed by atoms with E-state index in [1.54, 1.807) is 0 Å². The number of hydrogen-bond acceptors (Lipinski definition) is 2. The summed E-state index contributed by atoms with van der Waals surface area (Å²) < 4.78 is 0. The first-order chi connectivity index (χ1) is 4.93. The highest BCUT2D eigenvalue weighted by atomic mass is 32.2. The molecule has 0 aromatic heterocycles. The quantitative estimate of drug-likeness (QED) is 0.630. The molecule has 2 heteroatoms. The van der Waals surface area contributed by atoms with Gasteiger partial charge in [0.2, 0.25) is 0 Å². The van der Waals surface area contributed by atoms with Crippen LogP contribution in [0.1, 0.15) is 32.6 Å². The van der Waals surface area contributed by atoms with Crippen LogP contribution in [0.3, 0.4) is 0 Å². The average molecular weight is 157 g/mol. The van der Waals surface area contributed by atoms with Crippen molar-refractivity contribution < 1.29 is 0 Å². The first-order valence-corrected chi connectivity index (χ1v) is 4.94. The predicted octanol–water partition coefficient (Wildman–Crippen LogP) is 2.70. The molecule has 0 radical (unpaired) electrons. The van der Waals surface area contributed by atoms with Crippen molar-refractivity contribution in [3.05, 3.63) is 11.6 Å². The molecule has 0 saturated heterocycles. The molecule has 1 heterocycles. The highest BCUT2D eigenvalue weighted by molar-refractivity contribution is 8.02. The lowest BCUT2D eigenvalue weighted by Crippen LogP contribution is -2.15. The first-order valence-electron chi connectivity index (χ1n) is 4.00. The minimum Gasteiger partial charge on any atom is -0.378 e. The van der Waals surface area contributed by atoms with Gasteiger partial charge in [-0.3, -0.25) is 0 Å². The Hall–Kier alpha value is -0.110. The largest absolute Gasteiger partial charge is 0.378 e. The third-order valence-corrected chi connectivity index (χ3v) is 2.66. The summed E-state index contributed by atoms with van der Waals surface area (Å²) in [5.41, 5.74) is 0. The predicted molar refractivity (Wildman–Crippen MR) is 47.8 cm³/mol. The molecule has 0 saturated carbocycles. The molecule has 1 atom stereocenters. The smallest absolute Gasteiger partial charge is 0.0758 e. The molecule has 1 aliphatic rings. The van der Waals surface area contributed by atoms with Crippen LogP contribution in [-0.4, -0.2) is 5.37 Å². The highest BCUT2D eigenvalue weighted by Gasteiger charge is 2.07. The zero-order valence-corrected chi connectivity index (χ0v) is 7.29. The van der Waals surface area contributed by atoms with Gasteiger partial charge in [0.25, 0.3) is 0 Å². The molecule has 0 spiro atoms. The Labute approximate surface area is 67.3 Å². The van der Waals surface area contributed by atoms with Gasteiger partial charge in [0.15, 0.2) is 0 Å². The normalized spacial score (nSPS) is 23.1. The van der Waals surface area contributed by atoms with Crippen LogP contribution in [0.2, 0.25) is 0 Å². The molecule has 0 aromatic rings. The van der Waals surface area contributed by atoms with E-state index >= 15 is 0 Å². The van der Waals surface area contributed by atoms with Crippen LogP contribution >= 0.6 is 11.8 Å². The Balaban J connectivity index is 1.93. The summed E-state index contributed by atoms with van der Waals surface area (Å²) in [4.78, 5) is 0. The van der Waals surface area contributed by atoms with Crippen LogP contribution in [0.15, 0.2) is 11.6 Å². The lowest BCUT2D eigenvalue weighted by atomic mass is 10.2. The van der Waals surface area contributed by atoms with E-state index < -0.39 is 0 Å². The fourth-order valence-corrected chi connectivity index (χ4v) is 1.86. The Morgan fingerprint density at radius 2 is 2.40 bits per heavy atom. The van der Waals surface area contributed by atoms with E-state index in [9.17, 15) is 0 Å². The summed E-state index contributed by atoms with van der Waals surface area (Å²) in [5.74, 6) is 0. The summed E-state index contributed by atoms with van der Waals surface area (Å²) >= 11 is 1.90. The molecular weight excluding hydrogens is 142 g/mol. The van der Waals surface area contributed by atoms with E-state index in [4.69, 9.17) is 0 Å². The molecule has 0 amide bonds. The number of thioether (sulfide) groups is 1. The topological polar surface area (TPSA) is 12.0 Å². The average Bonchev–Trinajstić information content (AvgIpc) is 2.41. The molecule has 58 valence electrons. The van der Waals surface area contributed by atoms with Crippen molar-refractivity contribution >= 4 is 11.8 Å². The maximum absolute atomic E-state index is 3.30. The number of rotatable bonds is 4. The van der Waals surface area contributed by atoms with Crippen LogP contribution in [0.4, 0.5) is 0 Å². The van der Waals surface area contributed by atoms with E-state index in [-0.39, 0.29) is 0 Å². The third kappa shape index (κ3) is 2.65. The molecule has 1 rings (SSSR count). The van der Waals surface area contributed by atoms with E-state index in [2.05, 4.69) is 17.6 Å². The van der Waals surface area contributed by atoms with E-state index in [1.807, 2.05) is 18.0 Å². The number of hydrogen-bond donors (Lipinski definition) is 1. The van der Waals surface area contributed by atoms with Crippen molar-refractivity contribution in [3.8, 4) is 0 Å². The Kier molecular flexibility index (Phi) is 3.73. The van der Waals surface area contributed by atoms with Crippen molar-refractivity contribution in [2.75, 3.05) is 0 Å². The monoisotopic (exact) mass is 157 g/mol. The van der Waals surface area contributed by atoms with Gasteiger partial charge in [0, 0.05) is 6.20 Å². The lowest BCUT2D eigenvalue weighted by Gasteiger charge is -2.08. The molecule has 0 aliphatic carbocycles. The molecule has 0 bridgehead atoms. The van der Waals surface area contributed by atoms with Gasteiger partial charge in [-0.15, -0.1) is 11.8 Å². The Bertz CT molecular complexity index is 104. The lowest BCUT2D eigenvalue weighted by molar-refractivity contribution is 0.624. The molecule has 1 N–H and O–H groups in total. The van der Waals surface area contributed by atoms with Gasteiger partial charge in [-0.25, -0.2) is 0 Å². The maximum atomic E-state index is 3.30. The maximum Gasteiger partial charge on any atom is 0.0758 e. The van der Waals surface area contributed by atoms with Gasteiger partial charge in [0.1, 0.15) is 0 Å². The van der Waals surface area contributed by atoms with Crippen molar-refractivity contribution in [1.29, 1.82) is 0 Å². The van der Waals surface area contributed by atoms with Crippen molar-refractivity contribution in [2.24, 2.45) is 0 Å². The summed E-state index contributed by atoms with van der Waals surface area (Å²) in [5, 5.41) is 6.11. The highest BCUT2D eigenvalue weighted by Crippen LogP contribution is 2.20. The third-order valence-electron chi connectivity index (χ3n) is 1.66. The van der Waals surface area contributed by atoms with E-state index in [1.165, 1.54) is 25.7 Å². The Morgan fingerprint density at radius 1 is 1.50 bits per heavy atom. The zero-order chi connectivity index (χ0) is 7.23. The SMILES string of the molecule is CCCCCC1NC=CS1. The molecule has 0 fully saturated rings. The van der Waals surface area contributed by atoms with Crippen LogP contribution in [0, 0.1) is 0 Å². The van der Waals surface area contributed by atoms with Crippen LogP contribution in [-0.2, 0) is 0 Å². The molecule has 0 aromatic carbocycles. The van der Waals surface area contributed by atoms with Gasteiger partial charge in [0.05, 0.1) is 5.37 Å². The number of unbranched alkanes of at least 4 members (excludes halogenated alkanes) is 2. The number of nitrogens with one attached hydrogen (secondary N) is 1. The fourth-order valence-electron chi connectivity index (χ4n) is 1.05. The van der Waals surface area contributed by atoms with Gasteiger partial charge in [-0.05, 0) is 11.8 Å². The standard InChI is InChI=1S/C8H15NS/c1-2-3-4-5-8-9-6-7-10-8/h6-9H,2-5H2,1H3. The van der Waals surface area contributed by atoms with E-state index in [0.717, 1.165) is 0 Å². The fraction of sp³-hybridized carbons (Fsp3) is 0.750. The second-order valence-corrected chi connectivity index (χ2v) is 3.70. The molecule has 1 aliphatic heterocycles. The molecule has 1 unspecified atom stereocenters. The van der Waals surface area contributed by atoms with Crippen molar-refractivity contribution in [3.63, 3.8) is 0 Å². The zero-order valence-electron chi connectivity index (χ0n) is 6.47. The summed E-state index contributed by atoms with van der Waals surface area (Å²) in [6.45, 7) is 2.24. The first kappa shape index (κ1) is 7.99. The van der Waals surface area contributed by atoms with E-state index in [0.29, 0.717) is 5.37 Å². The van der Waals surface area contributed by atoms with Gasteiger partial charge < -0.3 is 5.32 Å². The van der Waals surface area contributed by atoms with Crippen molar-refractivity contribution in [2.45, 2.75) is 38.0 Å². The molecule has 1 nitrogen and oxygen atoms in total. The Morgan fingerprint density at radius 3 is 3.00 bits per heavy atom. The van der Waals surface area contributed by atoms with Gasteiger partial charge >= 0.3 is 0 Å². The van der Waals surface area contributed by atoms with Crippen molar-refractivity contribution in [1.82, 2.24) is 5.32 Å². The van der Waals surface area contributed by atoms with Crippen LogP contribution in [0.25, 0.3) is 0 Å². The minimum absolute atomic E-state index is 0.673. The minimum atomic E-state index is 0.673. The van der Waals surface area contributed by atoms with Gasteiger partial charge in [-0.1, -0.05) is 26.2 Å². The summed E-state index contributed by atoms with van der Waals surface area (Å²) in [6.07, 6.45) is 7.42. The molecule has 10 heavy (non-hydrogen) atoms. The summed E-state index contributed by atoms with van der Waals surface area (Å²) in [6, 6.07) is 0.